The van der Waals surface area contributed by atoms with E-state index in [0.29, 0.717) is 6.04 Å². The first-order valence-corrected chi connectivity index (χ1v) is 6.16. The molecule has 14 heavy (non-hydrogen) atoms. The van der Waals surface area contributed by atoms with Crippen molar-refractivity contribution < 1.29 is 0 Å². The van der Waals surface area contributed by atoms with E-state index in [1.165, 1.54) is 17.9 Å². The van der Waals surface area contributed by atoms with E-state index in [1.807, 2.05) is 0 Å². The summed E-state index contributed by atoms with van der Waals surface area (Å²) in [6.07, 6.45) is 3.05. The van der Waals surface area contributed by atoms with Crippen molar-refractivity contribution in [1.29, 1.82) is 0 Å². The van der Waals surface area contributed by atoms with E-state index in [0.717, 1.165) is 17.5 Å². The Morgan fingerprint density at radius 2 is 2.57 bits per heavy atom. The summed E-state index contributed by atoms with van der Waals surface area (Å²) in [5.41, 5.74) is 2.32. The topological polar surface area (TPSA) is 40.7 Å². The normalized spacial score (nSPS) is 27.0. The predicted molar refractivity (Wildman–Crippen MR) is 60.5 cm³/mol. The van der Waals surface area contributed by atoms with Gasteiger partial charge in [-0.25, -0.2) is 4.98 Å². The molecule has 1 aliphatic rings. The third kappa shape index (κ3) is 2.12. The molecule has 0 radical (unpaired) electrons. The highest BCUT2D eigenvalue weighted by Gasteiger charge is 2.23. The maximum absolute atomic E-state index is 4.28. The fourth-order valence-electron chi connectivity index (χ4n) is 1.79. The van der Waals surface area contributed by atoms with Crippen molar-refractivity contribution >= 4 is 11.8 Å². The molecule has 2 heterocycles. The molecule has 0 spiro atoms. The van der Waals surface area contributed by atoms with Crippen LogP contribution in [0.15, 0.2) is 6.33 Å². The molecule has 1 fully saturated rings. The van der Waals surface area contributed by atoms with E-state index in [2.05, 4.69) is 40.9 Å². The van der Waals surface area contributed by atoms with E-state index in [-0.39, 0.29) is 0 Å². The highest BCUT2D eigenvalue weighted by molar-refractivity contribution is 8.00. The van der Waals surface area contributed by atoms with Crippen LogP contribution in [0.5, 0.6) is 0 Å². The fraction of sp³-hybridized carbons (Fsp3) is 0.700. The first-order chi connectivity index (χ1) is 6.77. The van der Waals surface area contributed by atoms with Crippen LogP contribution in [0.2, 0.25) is 0 Å². The predicted octanol–water partition coefficient (Wildman–Crippen LogP) is 1.70. The molecule has 0 aromatic carbocycles. The number of aromatic amines is 1. The number of thioether (sulfide) groups is 1. The molecule has 3 nitrogen and oxygen atoms in total. The molecule has 4 heteroatoms. The maximum atomic E-state index is 4.28. The van der Waals surface area contributed by atoms with Gasteiger partial charge in [-0.3, -0.25) is 0 Å². The average Bonchev–Trinajstić information content (AvgIpc) is 2.72. The number of rotatable bonds is 3. The summed E-state index contributed by atoms with van der Waals surface area (Å²) in [6, 6.07) is 0.663. The van der Waals surface area contributed by atoms with Crippen LogP contribution in [0, 0.1) is 6.92 Å². The van der Waals surface area contributed by atoms with Gasteiger partial charge >= 0.3 is 0 Å². The minimum absolute atomic E-state index is 0.663. The molecule has 1 saturated heterocycles. The molecule has 78 valence electrons. The van der Waals surface area contributed by atoms with Crippen molar-refractivity contribution in [3.8, 4) is 0 Å². The lowest BCUT2D eigenvalue weighted by Crippen LogP contribution is -2.33. The summed E-state index contributed by atoms with van der Waals surface area (Å²) in [7, 11) is 0. The molecule has 2 N–H and O–H groups in total. The summed E-state index contributed by atoms with van der Waals surface area (Å²) in [4.78, 5) is 7.38. The highest BCUT2D eigenvalue weighted by Crippen LogP contribution is 2.26. The second-order valence-corrected chi connectivity index (χ2v) is 5.31. The molecule has 0 amide bonds. The van der Waals surface area contributed by atoms with E-state index in [9.17, 15) is 0 Å². The number of nitrogens with one attached hydrogen (secondary N) is 2. The van der Waals surface area contributed by atoms with Gasteiger partial charge in [0.1, 0.15) is 0 Å². The van der Waals surface area contributed by atoms with E-state index < -0.39 is 0 Å². The number of nitrogens with zero attached hydrogens (tertiary/aromatic N) is 1. The summed E-state index contributed by atoms with van der Waals surface area (Å²) < 4.78 is 0. The van der Waals surface area contributed by atoms with Crippen molar-refractivity contribution in [3.63, 3.8) is 0 Å². The molecule has 0 saturated carbocycles. The summed E-state index contributed by atoms with van der Waals surface area (Å²) in [6.45, 7) is 5.26. The Morgan fingerprint density at radius 1 is 1.71 bits per heavy atom. The lowest BCUT2D eigenvalue weighted by Gasteiger charge is -2.15. The van der Waals surface area contributed by atoms with E-state index >= 15 is 0 Å². The zero-order valence-electron chi connectivity index (χ0n) is 8.71. The Bertz CT molecular complexity index is 297. The van der Waals surface area contributed by atoms with Gasteiger partial charge in [-0.2, -0.15) is 11.8 Å². The Balaban J connectivity index is 1.85. The monoisotopic (exact) mass is 211 g/mol. The number of hydrogen-bond acceptors (Lipinski definition) is 3. The quantitative estimate of drug-likeness (QED) is 0.799. The van der Waals surface area contributed by atoms with Crippen LogP contribution >= 0.6 is 11.8 Å². The lowest BCUT2D eigenvalue weighted by molar-refractivity contribution is 0.508. The standard InChI is InChI=1S/C10H17N3S/c1-7-10(13-6-12-7)5-11-9-3-4-14-8(9)2/h6,8-9,11H,3-5H2,1-2H3,(H,12,13). The van der Waals surface area contributed by atoms with Gasteiger partial charge < -0.3 is 10.3 Å². The highest BCUT2D eigenvalue weighted by atomic mass is 32.2. The van der Waals surface area contributed by atoms with Gasteiger partial charge in [0.15, 0.2) is 0 Å². The molecular weight excluding hydrogens is 194 g/mol. The Hall–Kier alpha value is -0.480. The van der Waals surface area contributed by atoms with Gasteiger partial charge in [-0.15, -0.1) is 0 Å². The van der Waals surface area contributed by atoms with Crippen molar-refractivity contribution in [3.05, 3.63) is 17.7 Å². The summed E-state index contributed by atoms with van der Waals surface area (Å²) in [5.74, 6) is 1.29. The molecule has 1 aliphatic heterocycles. The van der Waals surface area contributed by atoms with Gasteiger partial charge in [0.05, 0.1) is 12.0 Å². The smallest absolute Gasteiger partial charge is 0.0925 e. The summed E-state index contributed by atoms with van der Waals surface area (Å²) >= 11 is 2.06. The Kier molecular flexibility index (Phi) is 3.13. The minimum Gasteiger partial charge on any atom is -0.348 e. The first kappa shape index (κ1) is 10.1. The van der Waals surface area contributed by atoms with Crippen molar-refractivity contribution in [1.82, 2.24) is 15.3 Å². The zero-order chi connectivity index (χ0) is 9.97. The number of hydrogen-bond donors (Lipinski definition) is 2. The average molecular weight is 211 g/mol. The molecule has 1 aromatic heterocycles. The van der Waals surface area contributed by atoms with Gasteiger partial charge in [-0.1, -0.05) is 6.92 Å². The minimum atomic E-state index is 0.663. The maximum Gasteiger partial charge on any atom is 0.0925 e. The Labute approximate surface area is 89.1 Å². The summed E-state index contributed by atoms with van der Waals surface area (Å²) in [5, 5.41) is 4.32. The van der Waals surface area contributed by atoms with Crippen LogP contribution in [0.3, 0.4) is 0 Å². The van der Waals surface area contributed by atoms with Crippen LogP contribution in [0.25, 0.3) is 0 Å². The van der Waals surface area contributed by atoms with Crippen LogP contribution in [0.1, 0.15) is 24.7 Å². The lowest BCUT2D eigenvalue weighted by atomic mass is 10.1. The van der Waals surface area contributed by atoms with Crippen LogP contribution in [-0.2, 0) is 6.54 Å². The van der Waals surface area contributed by atoms with Gasteiger partial charge in [-0.05, 0) is 19.1 Å². The van der Waals surface area contributed by atoms with Gasteiger partial charge in [0, 0.05) is 23.5 Å². The molecule has 0 aliphatic carbocycles. The van der Waals surface area contributed by atoms with Crippen molar-refractivity contribution in [2.75, 3.05) is 5.75 Å². The third-order valence-electron chi connectivity index (χ3n) is 2.84. The zero-order valence-corrected chi connectivity index (χ0v) is 9.53. The van der Waals surface area contributed by atoms with Gasteiger partial charge in [0.25, 0.3) is 0 Å². The second-order valence-electron chi connectivity index (χ2n) is 3.83. The SMILES string of the molecule is Cc1[nH]cnc1CNC1CCSC1C. The largest absolute Gasteiger partial charge is 0.348 e. The van der Waals surface area contributed by atoms with E-state index in [1.54, 1.807) is 6.33 Å². The Morgan fingerprint density at radius 3 is 3.14 bits per heavy atom. The van der Waals surface area contributed by atoms with Crippen LogP contribution < -0.4 is 5.32 Å². The van der Waals surface area contributed by atoms with E-state index in [4.69, 9.17) is 0 Å². The van der Waals surface area contributed by atoms with Crippen LogP contribution in [-0.4, -0.2) is 27.0 Å². The van der Waals surface area contributed by atoms with Crippen molar-refractivity contribution in [2.24, 2.45) is 0 Å². The molecule has 2 atom stereocenters. The first-order valence-electron chi connectivity index (χ1n) is 5.11. The molecule has 2 unspecified atom stereocenters. The molecule has 2 rings (SSSR count). The third-order valence-corrected chi connectivity index (χ3v) is 4.17. The fourth-order valence-corrected chi connectivity index (χ4v) is 3.02. The number of imidazole rings is 1. The second kappa shape index (κ2) is 4.36. The molecular formula is C10H17N3S. The molecule has 0 bridgehead atoms. The van der Waals surface area contributed by atoms with Crippen LogP contribution in [0.4, 0.5) is 0 Å². The number of aromatic nitrogens is 2. The van der Waals surface area contributed by atoms with Crippen molar-refractivity contribution in [2.45, 2.75) is 38.1 Å². The number of H-pyrrole nitrogens is 1. The number of aryl methyl sites for hydroxylation is 1. The van der Waals surface area contributed by atoms with Gasteiger partial charge in [0.2, 0.25) is 0 Å². The molecule has 1 aromatic rings.